The number of rotatable bonds is 13. The lowest BCUT2D eigenvalue weighted by Crippen LogP contribution is -2.47. The normalized spacial score (nSPS) is 12.2. The second-order valence-electron chi connectivity index (χ2n) is 8.48. The molecule has 0 aliphatic rings. The number of para-hydroxylation sites is 2. The molecular formula is C25H35BrN4O8. The summed E-state index contributed by atoms with van der Waals surface area (Å²) < 4.78 is 0. The molecular weight excluding hydrogens is 564 g/mol. The van der Waals surface area contributed by atoms with Crippen molar-refractivity contribution in [2.24, 2.45) is 5.73 Å². The molecule has 38 heavy (non-hydrogen) atoms. The van der Waals surface area contributed by atoms with Crippen molar-refractivity contribution in [2.45, 2.75) is 38.3 Å². The maximum absolute atomic E-state index is 13.1. The fourth-order valence-corrected chi connectivity index (χ4v) is 3.40. The molecule has 2 aromatic carbocycles. The highest BCUT2D eigenvalue weighted by Gasteiger charge is 2.29. The standard InChI is InChI=1S/C25H34N4O8.BrH/c1-15(30)20(26)23(35)28-13-3-2-11-27-12-6-14-29(24(36)16-7-4-9-18(31)21(16)33)25(37)17-8-5-10-19(32)22(17)34;/h4-5,7-10,15,20,27,30-34H,2-3,6,11-14,26H2,1H3,(H,28,35);1H/t15-,20+;/m1./s1. The predicted molar refractivity (Wildman–Crippen MR) is 145 cm³/mol. The van der Waals surface area contributed by atoms with E-state index in [4.69, 9.17) is 5.73 Å². The fourth-order valence-electron chi connectivity index (χ4n) is 3.40. The number of aromatic hydroxyl groups is 4. The zero-order chi connectivity index (χ0) is 27.5. The molecule has 0 aromatic heterocycles. The van der Waals surface area contributed by atoms with Gasteiger partial charge in [-0.1, -0.05) is 12.1 Å². The molecule has 0 unspecified atom stereocenters. The summed E-state index contributed by atoms with van der Waals surface area (Å²) in [4.78, 5) is 38.8. The average molecular weight is 599 g/mol. The van der Waals surface area contributed by atoms with Crippen molar-refractivity contribution in [3.8, 4) is 23.0 Å². The molecule has 12 nitrogen and oxygen atoms in total. The van der Waals surface area contributed by atoms with Crippen LogP contribution in [0.1, 0.15) is 46.9 Å². The van der Waals surface area contributed by atoms with E-state index < -0.39 is 52.9 Å². The van der Waals surface area contributed by atoms with Gasteiger partial charge in [-0.2, -0.15) is 0 Å². The molecule has 0 heterocycles. The number of nitrogens with zero attached hydrogens (tertiary/aromatic N) is 1. The number of amides is 3. The van der Waals surface area contributed by atoms with Crippen LogP contribution < -0.4 is 16.4 Å². The molecule has 2 atom stereocenters. The Bertz CT molecular complexity index is 1040. The first kappa shape index (κ1) is 32.6. The van der Waals surface area contributed by atoms with E-state index in [-0.39, 0.29) is 34.7 Å². The monoisotopic (exact) mass is 598 g/mol. The second kappa shape index (κ2) is 15.8. The molecule has 0 saturated carbocycles. The molecule has 0 radical (unpaired) electrons. The summed E-state index contributed by atoms with van der Waals surface area (Å²) >= 11 is 0. The van der Waals surface area contributed by atoms with Gasteiger partial charge < -0.3 is 41.9 Å². The van der Waals surface area contributed by atoms with Gasteiger partial charge in [0.1, 0.15) is 6.04 Å². The van der Waals surface area contributed by atoms with Gasteiger partial charge in [0.25, 0.3) is 11.8 Å². The number of phenolic OH excluding ortho intramolecular Hbond substituents is 4. The summed E-state index contributed by atoms with van der Waals surface area (Å²) in [7, 11) is 0. The number of carbonyl (C=O) groups is 3. The van der Waals surface area contributed by atoms with Crippen LogP contribution in [0.2, 0.25) is 0 Å². The molecule has 0 fully saturated rings. The topological polar surface area (TPSA) is 206 Å². The highest BCUT2D eigenvalue weighted by molar-refractivity contribution is 8.93. The Kier molecular flexibility index (Phi) is 13.5. The number of halogens is 1. The highest BCUT2D eigenvalue weighted by Crippen LogP contribution is 2.32. The van der Waals surface area contributed by atoms with E-state index in [1.165, 1.54) is 43.3 Å². The number of nitrogens with one attached hydrogen (secondary N) is 2. The van der Waals surface area contributed by atoms with E-state index in [1.54, 1.807) is 0 Å². The minimum atomic E-state index is -0.977. The number of unbranched alkanes of at least 4 members (excludes halogenated alkanes) is 1. The van der Waals surface area contributed by atoms with Gasteiger partial charge in [0.05, 0.1) is 17.2 Å². The Morgan fingerprint density at radius 3 is 1.82 bits per heavy atom. The van der Waals surface area contributed by atoms with Gasteiger partial charge in [-0.3, -0.25) is 19.3 Å². The van der Waals surface area contributed by atoms with Crippen LogP contribution in [-0.2, 0) is 4.79 Å². The molecule has 13 heteroatoms. The van der Waals surface area contributed by atoms with Crippen LogP contribution in [0.15, 0.2) is 36.4 Å². The van der Waals surface area contributed by atoms with E-state index in [1.807, 2.05) is 0 Å². The largest absolute Gasteiger partial charge is 0.504 e. The van der Waals surface area contributed by atoms with Gasteiger partial charge in [-0.25, -0.2) is 0 Å². The van der Waals surface area contributed by atoms with Crippen LogP contribution in [0.5, 0.6) is 23.0 Å². The molecule has 0 aliphatic heterocycles. The SMILES string of the molecule is Br.C[C@@H](O)[C@H](N)C(=O)NCCCCNCCCN(C(=O)c1cccc(O)c1O)C(=O)c1cccc(O)c1O. The van der Waals surface area contributed by atoms with Crippen molar-refractivity contribution >= 4 is 34.7 Å². The summed E-state index contributed by atoms with van der Waals surface area (Å²) in [5, 5.41) is 54.9. The minimum Gasteiger partial charge on any atom is -0.504 e. The van der Waals surface area contributed by atoms with Crippen molar-refractivity contribution in [1.82, 2.24) is 15.5 Å². The molecule has 0 spiro atoms. The number of aliphatic hydroxyl groups is 1. The number of hydrogen-bond donors (Lipinski definition) is 8. The number of carbonyl (C=O) groups excluding carboxylic acids is 3. The van der Waals surface area contributed by atoms with Crippen LogP contribution in [-0.4, -0.2) is 86.5 Å². The molecule has 210 valence electrons. The van der Waals surface area contributed by atoms with E-state index >= 15 is 0 Å². The number of imide groups is 1. The third kappa shape index (κ3) is 8.87. The summed E-state index contributed by atoms with van der Waals surface area (Å²) in [6, 6.07) is 6.61. The van der Waals surface area contributed by atoms with Crippen molar-refractivity contribution in [1.29, 1.82) is 0 Å². The summed E-state index contributed by atoms with van der Waals surface area (Å²) in [6.07, 6.45) is 0.784. The van der Waals surface area contributed by atoms with Gasteiger partial charge in [-0.15, -0.1) is 17.0 Å². The number of benzene rings is 2. The lowest BCUT2D eigenvalue weighted by atomic mass is 10.1. The van der Waals surface area contributed by atoms with Crippen molar-refractivity contribution in [2.75, 3.05) is 26.2 Å². The Morgan fingerprint density at radius 1 is 0.842 bits per heavy atom. The Morgan fingerprint density at radius 2 is 1.32 bits per heavy atom. The van der Waals surface area contributed by atoms with E-state index in [0.29, 0.717) is 32.5 Å². The van der Waals surface area contributed by atoms with Crippen LogP contribution in [0.25, 0.3) is 0 Å². The third-order valence-electron chi connectivity index (χ3n) is 5.62. The molecule has 2 rings (SSSR count). The smallest absolute Gasteiger partial charge is 0.264 e. The van der Waals surface area contributed by atoms with Gasteiger partial charge in [0.2, 0.25) is 5.91 Å². The van der Waals surface area contributed by atoms with Crippen LogP contribution in [0, 0.1) is 0 Å². The van der Waals surface area contributed by atoms with E-state index in [0.717, 1.165) is 11.3 Å². The Hall–Kier alpha value is -3.39. The fraction of sp³-hybridized carbons (Fsp3) is 0.400. The minimum absolute atomic E-state index is 0. The lowest BCUT2D eigenvalue weighted by molar-refractivity contribution is -0.124. The maximum atomic E-state index is 13.1. The van der Waals surface area contributed by atoms with Gasteiger partial charge in [0, 0.05) is 13.1 Å². The van der Waals surface area contributed by atoms with Gasteiger partial charge in [-0.05, 0) is 63.5 Å². The summed E-state index contributed by atoms with van der Waals surface area (Å²) in [6.45, 7) is 2.78. The molecule has 0 bridgehead atoms. The Labute approximate surface area is 230 Å². The van der Waals surface area contributed by atoms with Crippen LogP contribution in [0.4, 0.5) is 0 Å². The summed E-state index contributed by atoms with van der Waals surface area (Å²) in [5.74, 6) is -4.59. The van der Waals surface area contributed by atoms with Gasteiger partial charge >= 0.3 is 0 Å². The number of nitrogens with two attached hydrogens (primary N) is 1. The van der Waals surface area contributed by atoms with Crippen molar-refractivity contribution in [3.05, 3.63) is 47.5 Å². The first-order valence-corrected chi connectivity index (χ1v) is 11.9. The second-order valence-corrected chi connectivity index (χ2v) is 8.48. The molecule has 0 saturated heterocycles. The lowest BCUT2D eigenvalue weighted by Gasteiger charge is -2.22. The zero-order valence-electron chi connectivity index (χ0n) is 21.0. The third-order valence-corrected chi connectivity index (χ3v) is 5.62. The Balaban J connectivity index is 0.00000722. The van der Waals surface area contributed by atoms with Crippen molar-refractivity contribution < 1.29 is 39.9 Å². The molecule has 3 amide bonds. The number of phenols is 4. The van der Waals surface area contributed by atoms with Gasteiger partial charge in [0.15, 0.2) is 23.0 Å². The van der Waals surface area contributed by atoms with Crippen molar-refractivity contribution in [3.63, 3.8) is 0 Å². The number of hydrogen-bond acceptors (Lipinski definition) is 10. The molecule has 0 aliphatic carbocycles. The van der Waals surface area contributed by atoms with Crippen LogP contribution in [0.3, 0.4) is 0 Å². The van der Waals surface area contributed by atoms with E-state index in [9.17, 15) is 39.9 Å². The number of aliphatic hydroxyl groups excluding tert-OH is 1. The molecule has 9 N–H and O–H groups in total. The van der Waals surface area contributed by atoms with E-state index in [2.05, 4.69) is 10.6 Å². The predicted octanol–water partition coefficient (Wildman–Crippen LogP) is 0.954. The summed E-state index contributed by atoms with van der Waals surface area (Å²) in [5.41, 5.74) is 4.96. The average Bonchev–Trinajstić information content (AvgIpc) is 2.87. The zero-order valence-corrected chi connectivity index (χ0v) is 22.7. The highest BCUT2D eigenvalue weighted by atomic mass is 79.9. The first-order chi connectivity index (χ1) is 17.6. The maximum Gasteiger partial charge on any atom is 0.264 e. The van der Waals surface area contributed by atoms with Crippen LogP contribution >= 0.6 is 17.0 Å². The first-order valence-electron chi connectivity index (χ1n) is 11.9. The molecule has 2 aromatic rings. The quantitative estimate of drug-likeness (QED) is 0.0930.